The van der Waals surface area contributed by atoms with Gasteiger partial charge in [-0.2, -0.15) is 0 Å². The highest BCUT2D eigenvalue weighted by Crippen LogP contribution is 2.03. The van der Waals surface area contributed by atoms with Crippen LogP contribution in [0.1, 0.15) is 31.4 Å². The van der Waals surface area contributed by atoms with Gasteiger partial charge in [0.2, 0.25) is 0 Å². The van der Waals surface area contributed by atoms with E-state index in [1.54, 1.807) is 0 Å². The summed E-state index contributed by atoms with van der Waals surface area (Å²) < 4.78 is 0. The summed E-state index contributed by atoms with van der Waals surface area (Å²) >= 11 is 5.36. The molecule has 0 saturated heterocycles. The molecule has 0 unspecified atom stereocenters. The molecule has 0 saturated carbocycles. The predicted octanol–water partition coefficient (Wildman–Crippen LogP) is 4.81. The number of benzene rings is 2. The van der Waals surface area contributed by atoms with Crippen LogP contribution >= 0.6 is 12.2 Å². The zero-order chi connectivity index (χ0) is 15.3. The summed E-state index contributed by atoms with van der Waals surface area (Å²) in [6.45, 7) is 4.91. The van der Waals surface area contributed by atoms with Crippen LogP contribution in [0.5, 0.6) is 0 Å². The van der Waals surface area contributed by atoms with Crippen LogP contribution in [0.4, 0.5) is 0 Å². The Morgan fingerprint density at radius 1 is 0.810 bits per heavy atom. The van der Waals surface area contributed by atoms with Crippen molar-refractivity contribution in [3.8, 4) is 0 Å². The molecule has 0 amide bonds. The second kappa shape index (κ2) is 11.0. The number of hydrogen-bond donors (Lipinski definition) is 1. The van der Waals surface area contributed by atoms with Crippen molar-refractivity contribution in [3.63, 3.8) is 0 Å². The van der Waals surface area contributed by atoms with E-state index in [0.29, 0.717) is 0 Å². The van der Waals surface area contributed by atoms with Gasteiger partial charge in [-0.15, -0.1) is 0 Å². The van der Waals surface area contributed by atoms with E-state index in [2.05, 4.69) is 53.8 Å². The second-order valence-corrected chi connectivity index (χ2v) is 5.06. The van der Waals surface area contributed by atoms with Gasteiger partial charge in [0.05, 0.1) is 4.99 Å². The van der Waals surface area contributed by atoms with Gasteiger partial charge in [0.15, 0.2) is 0 Å². The molecule has 1 nitrogen and oxygen atoms in total. The minimum absolute atomic E-state index is 0.914. The standard InChI is InChI=1S/C17H19NS.C2H6/c19-17(12-11-15-7-3-1-4-8-15)18-14-13-16-9-5-2-6-10-16;1-2/h1-10H,11-14H2,(H,18,19);1-2H3. The van der Waals surface area contributed by atoms with E-state index >= 15 is 0 Å². The summed E-state index contributed by atoms with van der Waals surface area (Å²) in [5, 5.41) is 3.33. The summed E-state index contributed by atoms with van der Waals surface area (Å²) in [6.07, 6.45) is 2.96. The average molecular weight is 299 g/mol. The van der Waals surface area contributed by atoms with Gasteiger partial charge >= 0.3 is 0 Å². The monoisotopic (exact) mass is 299 g/mol. The highest BCUT2D eigenvalue weighted by Gasteiger charge is 1.98. The van der Waals surface area contributed by atoms with Crippen LogP contribution in [0.15, 0.2) is 60.7 Å². The molecule has 0 fully saturated rings. The molecule has 0 heterocycles. The Morgan fingerprint density at radius 2 is 1.29 bits per heavy atom. The van der Waals surface area contributed by atoms with Crippen LogP contribution < -0.4 is 5.32 Å². The first-order valence-electron chi connectivity index (χ1n) is 7.69. The van der Waals surface area contributed by atoms with Crippen molar-refractivity contribution in [2.24, 2.45) is 0 Å². The Morgan fingerprint density at radius 3 is 1.81 bits per heavy atom. The van der Waals surface area contributed by atoms with Crippen LogP contribution in [0.25, 0.3) is 0 Å². The number of rotatable bonds is 6. The Hall–Kier alpha value is -1.67. The first-order chi connectivity index (χ1) is 10.3. The highest BCUT2D eigenvalue weighted by molar-refractivity contribution is 7.80. The molecule has 0 aliphatic carbocycles. The minimum Gasteiger partial charge on any atom is -0.379 e. The summed E-state index contributed by atoms with van der Waals surface area (Å²) in [6, 6.07) is 21.0. The first kappa shape index (κ1) is 17.4. The van der Waals surface area contributed by atoms with E-state index in [1.165, 1.54) is 11.1 Å². The fourth-order valence-corrected chi connectivity index (χ4v) is 2.19. The van der Waals surface area contributed by atoms with Crippen molar-refractivity contribution in [2.45, 2.75) is 33.1 Å². The van der Waals surface area contributed by atoms with Gasteiger partial charge < -0.3 is 5.32 Å². The Balaban J connectivity index is 0.00000106. The maximum absolute atomic E-state index is 5.36. The summed E-state index contributed by atoms with van der Waals surface area (Å²) in [5.74, 6) is 0. The van der Waals surface area contributed by atoms with Gasteiger partial charge in [0.1, 0.15) is 0 Å². The average Bonchev–Trinajstić information content (AvgIpc) is 2.57. The third-order valence-corrected chi connectivity index (χ3v) is 3.41. The molecule has 1 N–H and O–H groups in total. The molecule has 0 spiro atoms. The van der Waals surface area contributed by atoms with E-state index < -0.39 is 0 Å². The molecule has 0 aromatic heterocycles. The van der Waals surface area contributed by atoms with Gasteiger partial charge in [0, 0.05) is 13.0 Å². The van der Waals surface area contributed by atoms with Crippen molar-refractivity contribution in [1.82, 2.24) is 5.32 Å². The van der Waals surface area contributed by atoms with Crippen LogP contribution in [-0.4, -0.2) is 11.5 Å². The second-order valence-electron chi connectivity index (χ2n) is 4.57. The number of hydrogen-bond acceptors (Lipinski definition) is 1. The fourth-order valence-electron chi connectivity index (χ4n) is 1.98. The lowest BCUT2D eigenvalue weighted by atomic mass is 10.1. The third kappa shape index (κ3) is 7.62. The van der Waals surface area contributed by atoms with E-state index in [1.807, 2.05) is 26.0 Å². The maximum atomic E-state index is 5.36. The smallest absolute Gasteiger partial charge is 0.0756 e. The SMILES string of the molecule is CC.S=C(CCc1ccccc1)NCCc1ccccc1. The molecule has 0 bridgehead atoms. The molecule has 2 aromatic carbocycles. The molecule has 2 heteroatoms. The molecular formula is C19H25NS. The summed E-state index contributed by atoms with van der Waals surface area (Å²) in [7, 11) is 0. The fraction of sp³-hybridized carbons (Fsp3) is 0.316. The van der Waals surface area contributed by atoms with Gasteiger partial charge in [-0.3, -0.25) is 0 Å². The first-order valence-corrected chi connectivity index (χ1v) is 8.10. The molecule has 0 aliphatic rings. The van der Waals surface area contributed by atoms with Crippen LogP contribution in [0.3, 0.4) is 0 Å². The Bertz CT molecular complexity index is 493. The lowest BCUT2D eigenvalue weighted by Gasteiger charge is -2.08. The minimum atomic E-state index is 0.914. The Labute approximate surface area is 134 Å². The third-order valence-electron chi connectivity index (χ3n) is 3.06. The van der Waals surface area contributed by atoms with Crippen LogP contribution in [-0.2, 0) is 12.8 Å². The molecular weight excluding hydrogens is 274 g/mol. The van der Waals surface area contributed by atoms with Crippen molar-refractivity contribution in [1.29, 1.82) is 0 Å². The zero-order valence-corrected chi connectivity index (χ0v) is 13.8. The molecule has 2 aromatic rings. The van der Waals surface area contributed by atoms with Crippen molar-refractivity contribution >= 4 is 17.2 Å². The quantitative estimate of drug-likeness (QED) is 0.769. The lowest BCUT2D eigenvalue weighted by molar-refractivity contribution is 0.850. The zero-order valence-electron chi connectivity index (χ0n) is 13.0. The van der Waals surface area contributed by atoms with Crippen LogP contribution in [0, 0.1) is 0 Å². The molecule has 21 heavy (non-hydrogen) atoms. The highest BCUT2D eigenvalue weighted by atomic mass is 32.1. The largest absolute Gasteiger partial charge is 0.379 e. The maximum Gasteiger partial charge on any atom is 0.0756 e. The Kier molecular flexibility index (Phi) is 9.14. The van der Waals surface area contributed by atoms with E-state index in [9.17, 15) is 0 Å². The van der Waals surface area contributed by atoms with Crippen molar-refractivity contribution in [3.05, 3.63) is 71.8 Å². The number of thiocarbonyl (C=S) groups is 1. The van der Waals surface area contributed by atoms with Crippen molar-refractivity contribution < 1.29 is 0 Å². The van der Waals surface area contributed by atoms with E-state index in [-0.39, 0.29) is 0 Å². The van der Waals surface area contributed by atoms with Gasteiger partial charge in [-0.1, -0.05) is 86.7 Å². The van der Waals surface area contributed by atoms with Gasteiger partial charge in [-0.25, -0.2) is 0 Å². The number of aryl methyl sites for hydroxylation is 1. The topological polar surface area (TPSA) is 12.0 Å². The molecule has 0 radical (unpaired) electrons. The van der Waals surface area contributed by atoms with Gasteiger partial charge in [0.25, 0.3) is 0 Å². The van der Waals surface area contributed by atoms with Crippen molar-refractivity contribution in [2.75, 3.05) is 6.54 Å². The summed E-state index contributed by atoms with van der Waals surface area (Å²) in [4.78, 5) is 0.958. The molecule has 0 aliphatic heterocycles. The number of nitrogens with one attached hydrogen (secondary N) is 1. The van der Waals surface area contributed by atoms with Gasteiger partial charge in [-0.05, 0) is 24.0 Å². The lowest BCUT2D eigenvalue weighted by Crippen LogP contribution is -2.24. The predicted molar refractivity (Wildman–Crippen MR) is 96.9 cm³/mol. The van der Waals surface area contributed by atoms with E-state index in [4.69, 9.17) is 12.2 Å². The molecule has 0 atom stereocenters. The normalized spacial score (nSPS) is 9.43. The van der Waals surface area contributed by atoms with Crippen LogP contribution in [0.2, 0.25) is 0 Å². The summed E-state index contributed by atoms with van der Waals surface area (Å²) in [5.41, 5.74) is 2.69. The van der Waals surface area contributed by atoms with E-state index in [0.717, 1.165) is 30.8 Å². The molecule has 112 valence electrons. The molecule has 2 rings (SSSR count).